The summed E-state index contributed by atoms with van der Waals surface area (Å²) < 4.78 is 1.76. The number of nitrogens with one attached hydrogen (secondary N) is 1. The molecule has 0 spiro atoms. The molecule has 0 unspecified atom stereocenters. The number of hydrogen-bond donors (Lipinski definition) is 2. The average molecular weight is 335 g/mol. The summed E-state index contributed by atoms with van der Waals surface area (Å²) in [5, 5.41) is 3.72. The van der Waals surface area contributed by atoms with Crippen molar-refractivity contribution in [2.75, 3.05) is 6.54 Å². The van der Waals surface area contributed by atoms with Crippen LogP contribution in [0.25, 0.3) is 10.9 Å². The Morgan fingerprint density at radius 3 is 2.48 bits per heavy atom. The molecule has 0 saturated carbocycles. The Bertz CT molecular complexity index is 900. The van der Waals surface area contributed by atoms with Crippen LogP contribution < -0.4 is 11.1 Å². The molecule has 0 radical (unpaired) electrons. The maximum Gasteiger partial charge on any atom is 0.250 e. The summed E-state index contributed by atoms with van der Waals surface area (Å²) in [6.07, 6.45) is 1.65. The van der Waals surface area contributed by atoms with Gasteiger partial charge in [-0.15, -0.1) is 0 Å². The number of fused-ring (bicyclic) bond motifs is 1. The lowest BCUT2D eigenvalue weighted by Gasteiger charge is -2.13. The number of benzene rings is 2. The molecule has 0 aliphatic carbocycles. The van der Waals surface area contributed by atoms with Gasteiger partial charge in [0.05, 0.1) is 5.56 Å². The number of hydrogen-bond acceptors (Lipinski definition) is 2. The number of amides is 2. The Morgan fingerprint density at radius 2 is 1.76 bits per heavy atom. The maximum atomic E-state index is 12.3. The smallest absolute Gasteiger partial charge is 0.250 e. The monoisotopic (exact) mass is 335 g/mol. The van der Waals surface area contributed by atoms with Crippen LogP contribution in [0.1, 0.15) is 28.8 Å². The summed E-state index contributed by atoms with van der Waals surface area (Å²) in [6, 6.07) is 17.5. The third-order valence-corrected chi connectivity index (χ3v) is 4.34. The zero-order valence-electron chi connectivity index (χ0n) is 14.1. The number of rotatable bonds is 6. The zero-order valence-corrected chi connectivity index (χ0v) is 14.1. The van der Waals surface area contributed by atoms with Crippen LogP contribution >= 0.6 is 0 Å². The molecule has 1 atom stereocenters. The molecule has 3 aromatic rings. The van der Waals surface area contributed by atoms with Crippen molar-refractivity contribution in [1.29, 1.82) is 0 Å². The van der Waals surface area contributed by atoms with Gasteiger partial charge in [0.25, 0.3) is 5.91 Å². The van der Waals surface area contributed by atoms with Crippen LogP contribution in [0.2, 0.25) is 0 Å². The number of nitrogens with zero attached hydrogens (tertiary/aromatic N) is 1. The van der Waals surface area contributed by atoms with Crippen molar-refractivity contribution < 1.29 is 9.59 Å². The van der Waals surface area contributed by atoms with Crippen molar-refractivity contribution >= 4 is 22.7 Å². The lowest BCUT2D eigenvalue weighted by Crippen LogP contribution is -2.30. The van der Waals surface area contributed by atoms with E-state index in [0.717, 1.165) is 10.9 Å². The second-order valence-corrected chi connectivity index (χ2v) is 6.17. The number of primary amides is 1. The summed E-state index contributed by atoms with van der Waals surface area (Å²) in [7, 11) is 0. The molecule has 3 N–H and O–H groups in total. The minimum Gasteiger partial charge on any atom is -0.366 e. The highest BCUT2D eigenvalue weighted by atomic mass is 16.2. The summed E-state index contributed by atoms with van der Waals surface area (Å²) in [6.45, 7) is 2.78. The number of carbonyl (C=O) groups is 2. The molecule has 0 saturated heterocycles. The Morgan fingerprint density at radius 1 is 1.08 bits per heavy atom. The van der Waals surface area contributed by atoms with E-state index >= 15 is 0 Å². The van der Waals surface area contributed by atoms with Crippen LogP contribution in [0.5, 0.6) is 0 Å². The van der Waals surface area contributed by atoms with E-state index in [9.17, 15) is 9.59 Å². The summed E-state index contributed by atoms with van der Waals surface area (Å²) in [5.41, 5.74) is 7.87. The molecule has 3 rings (SSSR count). The first-order valence-electron chi connectivity index (χ1n) is 8.25. The van der Waals surface area contributed by atoms with Crippen LogP contribution in [0, 0.1) is 0 Å². The number of aromatic nitrogens is 1. The van der Waals surface area contributed by atoms with E-state index in [2.05, 4.69) is 24.4 Å². The molecular weight excluding hydrogens is 314 g/mol. The fourth-order valence-electron chi connectivity index (χ4n) is 2.95. The normalized spacial score (nSPS) is 12.0. The molecule has 25 heavy (non-hydrogen) atoms. The fraction of sp³-hybridized carbons (Fsp3) is 0.200. The largest absolute Gasteiger partial charge is 0.366 e. The summed E-state index contributed by atoms with van der Waals surface area (Å²) >= 11 is 0. The molecule has 2 amide bonds. The quantitative estimate of drug-likeness (QED) is 0.726. The predicted octanol–water partition coefficient (Wildman–Crippen LogP) is 2.66. The van der Waals surface area contributed by atoms with E-state index in [0.29, 0.717) is 12.1 Å². The zero-order chi connectivity index (χ0) is 17.8. The van der Waals surface area contributed by atoms with Crippen molar-refractivity contribution in [2.24, 2.45) is 5.73 Å². The van der Waals surface area contributed by atoms with Crippen molar-refractivity contribution in [2.45, 2.75) is 19.4 Å². The van der Waals surface area contributed by atoms with Gasteiger partial charge in [0.1, 0.15) is 6.54 Å². The van der Waals surface area contributed by atoms with Crippen molar-refractivity contribution in [3.8, 4) is 0 Å². The first kappa shape index (κ1) is 16.8. The Kier molecular flexibility index (Phi) is 4.84. The van der Waals surface area contributed by atoms with Crippen LogP contribution in [0.4, 0.5) is 0 Å². The number of para-hydroxylation sites is 1. The number of carbonyl (C=O) groups excluding carboxylic acids is 2. The standard InChI is InChI=1S/C20H21N3O2/c1-14(15-7-3-2-4-8-15)11-22-19(24)13-23-12-17(20(21)25)16-9-5-6-10-18(16)23/h2-10,12,14H,11,13H2,1H3,(H2,21,25)(H,22,24)/t14-/m1/s1. The molecule has 5 heteroatoms. The number of nitrogens with two attached hydrogens (primary N) is 1. The second-order valence-electron chi connectivity index (χ2n) is 6.17. The van der Waals surface area contributed by atoms with Gasteiger partial charge < -0.3 is 15.6 Å². The highest BCUT2D eigenvalue weighted by Gasteiger charge is 2.14. The molecule has 0 bridgehead atoms. The molecule has 5 nitrogen and oxygen atoms in total. The van der Waals surface area contributed by atoms with Gasteiger partial charge >= 0.3 is 0 Å². The van der Waals surface area contributed by atoms with Crippen LogP contribution in [0.15, 0.2) is 60.8 Å². The van der Waals surface area contributed by atoms with E-state index in [1.165, 1.54) is 5.56 Å². The van der Waals surface area contributed by atoms with Crippen LogP contribution in [-0.4, -0.2) is 22.9 Å². The van der Waals surface area contributed by atoms with Crippen molar-refractivity contribution in [3.63, 3.8) is 0 Å². The second kappa shape index (κ2) is 7.21. The van der Waals surface area contributed by atoms with E-state index in [1.807, 2.05) is 42.5 Å². The highest BCUT2D eigenvalue weighted by Crippen LogP contribution is 2.21. The van der Waals surface area contributed by atoms with E-state index in [4.69, 9.17) is 5.73 Å². The molecule has 0 aliphatic heterocycles. The van der Waals surface area contributed by atoms with E-state index in [-0.39, 0.29) is 18.4 Å². The third kappa shape index (κ3) is 3.71. The van der Waals surface area contributed by atoms with E-state index < -0.39 is 5.91 Å². The van der Waals surface area contributed by atoms with Crippen LogP contribution in [0.3, 0.4) is 0 Å². The molecule has 0 aliphatic rings. The molecule has 0 fully saturated rings. The SMILES string of the molecule is C[C@H](CNC(=O)Cn1cc(C(N)=O)c2ccccc21)c1ccccc1. The molecule has 1 heterocycles. The van der Waals surface area contributed by atoms with Gasteiger partial charge in [-0.25, -0.2) is 0 Å². The maximum absolute atomic E-state index is 12.3. The van der Waals surface area contributed by atoms with Crippen molar-refractivity contribution in [3.05, 3.63) is 71.9 Å². The molecule has 2 aromatic carbocycles. The first-order chi connectivity index (χ1) is 12.1. The molecule has 128 valence electrons. The first-order valence-corrected chi connectivity index (χ1v) is 8.25. The minimum atomic E-state index is -0.493. The topological polar surface area (TPSA) is 77.1 Å². The predicted molar refractivity (Wildman–Crippen MR) is 98.3 cm³/mol. The Labute approximate surface area is 146 Å². The van der Waals surface area contributed by atoms with Gasteiger partial charge in [-0.05, 0) is 17.5 Å². The van der Waals surface area contributed by atoms with Gasteiger partial charge in [0.15, 0.2) is 0 Å². The third-order valence-electron chi connectivity index (χ3n) is 4.34. The Hall–Kier alpha value is -3.08. The summed E-state index contributed by atoms with van der Waals surface area (Å²) in [5.74, 6) is -0.361. The molecule has 1 aromatic heterocycles. The van der Waals surface area contributed by atoms with Gasteiger partial charge in [0, 0.05) is 23.6 Å². The van der Waals surface area contributed by atoms with Crippen LogP contribution in [-0.2, 0) is 11.3 Å². The average Bonchev–Trinajstić information content (AvgIpc) is 2.99. The lowest BCUT2D eigenvalue weighted by molar-refractivity contribution is -0.121. The molecular formula is C20H21N3O2. The van der Waals surface area contributed by atoms with E-state index in [1.54, 1.807) is 10.8 Å². The summed E-state index contributed by atoms with van der Waals surface area (Å²) in [4.78, 5) is 23.9. The van der Waals surface area contributed by atoms with Gasteiger partial charge in [-0.2, -0.15) is 0 Å². The van der Waals surface area contributed by atoms with Gasteiger partial charge in [-0.3, -0.25) is 9.59 Å². The highest BCUT2D eigenvalue weighted by molar-refractivity contribution is 6.06. The van der Waals surface area contributed by atoms with Gasteiger partial charge in [0.2, 0.25) is 5.91 Å². The fourth-order valence-corrected chi connectivity index (χ4v) is 2.95. The minimum absolute atomic E-state index is 0.0976. The Balaban J connectivity index is 1.69. The van der Waals surface area contributed by atoms with Gasteiger partial charge in [-0.1, -0.05) is 55.5 Å². The lowest BCUT2D eigenvalue weighted by atomic mass is 10.0. The van der Waals surface area contributed by atoms with Crippen molar-refractivity contribution in [1.82, 2.24) is 9.88 Å².